The van der Waals surface area contributed by atoms with Crippen LogP contribution in [0, 0.1) is 11.6 Å². The molecule has 0 amide bonds. The number of fused-ring (bicyclic) bond motifs is 1. The number of hydrogen-bond donors (Lipinski definition) is 1. The lowest BCUT2D eigenvalue weighted by Gasteiger charge is -2.20. The van der Waals surface area contributed by atoms with Gasteiger partial charge in [-0.15, -0.1) is 0 Å². The molecule has 2 aromatic carbocycles. The van der Waals surface area contributed by atoms with Gasteiger partial charge in [0.15, 0.2) is 0 Å². The van der Waals surface area contributed by atoms with Gasteiger partial charge in [-0.05, 0) is 36.8 Å². The van der Waals surface area contributed by atoms with Crippen molar-refractivity contribution in [1.82, 2.24) is 9.55 Å². The van der Waals surface area contributed by atoms with Crippen LogP contribution in [0.5, 0.6) is 5.75 Å². The Balaban J connectivity index is 1.76. The molecule has 0 unspecified atom stereocenters. The molecule has 2 N–H and O–H groups in total. The Kier molecular flexibility index (Phi) is 6.00. The predicted molar refractivity (Wildman–Crippen MR) is 127 cm³/mol. The maximum atomic E-state index is 14.5. The number of hydrogen-bond acceptors (Lipinski definition) is 5. The third kappa shape index (κ3) is 4.24. The maximum absolute atomic E-state index is 14.5. The SMILES string of the molecule is CCn1c(=O)c(-c2cc(N)c(F)cc2F)cc2cnc(N(C)Cc3ccc(OC)cc3)cc21. The van der Waals surface area contributed by atoms with E-state index >= 15 is 0 Å². The second-order valence-electron chi connectivity index (χ2n) is 7.77. The molecule has 0 radical (unpaired) electrons. The Bertz CT molecular complexity index is 1380. The van der Waals surface area contributed by atoms with Crippen molar-refractivity contribution in [1.29, 1.82) is 0 Å². The number of rotatable bonds is 6. The fourth-order valence-electron chi connectivity index (χ4n) is 3.84. The summed E-state index contributed by atoms with van der Waals surface area (Å²) in [4.78, 5) is 19.7. The monoisotopic (exact) mass is 450 g/mol. The van der Waals surface area contributed by atoms with Crippen LogP contribution in [0.25, 0.3) is 22.0 Å². The molecule has 0 bridgehead atoms. The minimum absolute atomic E-state index is 0.0382. The van der Waals surface area contributed by atoms with E-state index in [1.54, 1.807) is 23.9 Å². The number of aryl methyl sites for hydroxylation is 1. The third-order valence-electron chi connectivity index (χ3n) is 5.63. The van der Waals surface area contributed by atoms with E-state index in [1.165, 1.54) is 0 Å². The van der Waals surface area contributed by atoms with E-state index in [4.69, 9.17) is 10.5 Å². The van der Waals surface area contributed by atoms with E-state index in [-0.39, 0.29) is 22.4 Å². The van der Waals surface area contributed by atoms with Crippen LogP contribution in [0.2, 0.25) is 0 Å². The minimum Gasteiger partial charge on any atom is -0.497 e. The molecule has 4 aromatic rings. The molecule has 0 fully saturated rings. The van der Waals surface area contributed by atoms with Gasteiger partial charge >= 0.3 is 0 Å². The number of nitrogen functional groups attached to an aromatic ring is 1. The van der Waals surface area contributed by atoms with E-state index in [2.05, 4.69) is 4.98 Å². The molecule has 2 heterocycles. The van der Waals surface area contributed by atoms with Gasteiger partial charge < -0.3 is 19.9 Å². The molecule has 0 aliphatic rings. The Morgan fingerprint density at radius 1 is 1.06 bits per heavy atom. The first-order valence-electron chi connectivity index (χ1n) is 10.4. The van der Waals surface area contributed by atoms with E-state index in [0.29, 0.717) is 35.9 Å². The first-order valence-corrected chi connectivity index (χ1v) is 10.4. The maximum Gasteiger partial charge on any atom is 0.259 e. The lowest BCUT2D eigenvalue weighted by atomic mass is 10.0. The van der Waals surface area contributed by atoms with Crippen LogP contribution in [0.1, 0.15) is 12.5 Å². The van der Waals surface area contributed by atoms with Crippen molar-refractivity contribution >= 4 is 22.4 Å². The molecule has 4 rings (SSSR count). The van der Waals surface area contributed by atoms with Crippen molar-refractivity contribution in [2.24, 2.45) is 0 Å². The van der Waals surface area contributed by atoms with Crippen LogP contribution in [0.3, 0.4) is 0 Å². The lowest BCUT2D eigenvalue weighted by Crippen LogP contribution is -2.23. The molecule has 0 saturated carbocycles. The number of anilines is 2. The summed E-state index contributed by atoms with van der Waals surface area (Å²) in [6.07, 6.45) is 1.65. The highest BCUT2D eigenvalue weighted by atomic mass is 19.1. The molecule has 0 aliphatic heterocycles. The number of pyridine rings is 2. The van der Waals surface area contributed by atoms with Crippen LogP contribution in [-0.2, 0) is 13.1 Å². The van der Waals surface area contributed by atoms with Gasteiger partial charge in [0.25, 0.3) is 5.56 Å². The van der Waals surface area contributed by atoms with Gasteiger partial charge in [-0.25, -0.2) is 13.8 Å². The van der Waals surface area contributed by atoms with Gasteiger partial charge in [-0.2, -0.15) is 0 Å². The summed E-state index contributed by atoms with van der Waals surface area (Å²) >= 11 is 0. The number of methoxy groups -OCH3 is 1. The van der Waals surface area contributed by atoms with E-state index in [0.717, 1.165) is 17.4 Å². The Morgan fingerprint density at radius 3 is 2.45 bits per heavy atom. The zero-order chi connectivity index (χ0) is 23.7. The summed E-state index contributed by atoms with van der Waals surface area (Å²) in [6.45, 7) is 2.81. The summed E-state index contributed by atoms with van der Waals surface area (Å²) in [5, 5.41) is 0.662. The van der Waals surface area contributed by atoms with E-state index in [1.807, 2.05) is 49.2 Å². The van der Waals surface area contributed by atoms with Crippen LogP contribution in [0.4, 0.5) is 20.3 Å². The van der Waals surface area contributed by atoms with E-state index in [9.17, 15) is 13.6 Å². The van der Waals surface area contributed by atoms with Crippen LogP contribution in [-0.4, -0.2) is 23.7 Å². The van der Waals surface area contributed by atoms with Crippen LogP contribution in [0.15, 0.2) is 59.5 Å². The number of aromatic nitrogens is 2. The first-order chi connectivity index (χ1) is 15.8. The molecule has 0 aliphatic carbocycles. The average molecular weight is 450 g/mol. The number of halogens is 2. The van der Waals surface area contributed by atoms with Gasteiger partial charge in [-0.1, -0.05) is 12.1 Å². The quantitative estimate of drug-likeness (QED) is 0.435. The van der Waals surface area contributed by atoms with Crippen molar-refractivity contribution in [3.63, 3.8) is 0 Å². The summed E-state index contributed by atoms with van der Waals surface area (Å²) in [5.74, 6) is -0.235. The Labute approximate surface area is 189 Å². The van der Waals surface area contributed by atoms with Gasteiger partial charge in [0.05, 0.1) is 23.9 Å². The summed E-state index contributed by atoms with van der Waals surface area (Å²) in [6, 6.07) is 13.0. The second kappa shape index (κ2) is 8.90. The standard InChI is InChI=1S/C25H24F2N4O2/c1-4-31-23-12-24(30(2)14-15-5-7-17(33-3)8-6-15)29-13-16(23)9-19(25(31)32)18-10-22(28)21(27)11-20(18)26/h5-13H,4,14,28H2,1-3H3. The number of nitrogens with zero attached hydrogens (tertiary/aromatic N) is 3. The topological polar surface area (TPSA) is 73.4 Å². The molecule has 0 saturated heterocycles. The summed E-state index contributed by atoms with van der Waals surface area (Å²) in [5.41, 5.74) is 6.83. The van der Waals surface area contributed by atoms with E-state index < -0.39 is 11.6 Å². The van der Waals surface area contributed by atoms with Gasteiger partial charge in [0, 0.05) is 49.4 Å². The van der Waals surface area contributed by atoms with Crippen molar-refractivity contribution < 1.29 is 13.5 Å². The largest absolute Gasteiger partial charge is 0.497 e. The molecule has 0 atom stereocenters. The highest BCUT2D eigenvalue weighted by molar-refractivity contribution is 5.86. The van der Waals surface area contributed by atoms with Gasteiger partial charge in [0.2, 0.25) is 0 Å². The Morgan fingerprint density at radius 2 is 1.79 bits per heavy atom. The van der Waals surface area contributed by atoms with Crippen molar-refractivity contribution in [3.8, 4) is 16.9 Å². The molecule has 6 nitrogen and oxygen atoms in total. The fourth-order valence-corrected chi connectivity index (χ4v) is 3.84. The molecule has 8 heteroatoms. The lowest BCUT2D eigenvalue weighted by molar-refractivity contribution is 0.414. The van der Waals surface area contributed by atoms with Gasteiger partial charge in [0.1, 0.15) is 23.2 Å². The highest BCUT2D eigenvalue weighted by Gasteiger charge is 2.17. The number of benzene rings is 2. The molecular weight excluding hydrogens is 426 g/mol. The summed E-state index contributed by atoms with van der Waals surface area (Å²) < 4.78 is 34.9. The zero-order valence-electron chi connectivity index (χ0n) is 18.6. The third-order valence-corrected chi connectivity index (χ3v) is 5.63. The number of ether oxygens (including phenoxy) is 1. The normalized spacial score (nSPS) is 11.1. The zero-order valence-corrected chi connectivity index (χ0v) is 18.6. The first kappa shape index (κ1) is 22.3. The molecule has 170 valence electrons. The summed E-state index contributed by atoms with van der Waals surface area (Å²) in [7, 11) is 3.54. The molecule has 2 aromatic heterocycles. The van der Waals surface area contributed by atoms with Crippen LogP contribution < -0.4 is 20.9 Å². The number of nitrogens with two attached hydrogens (primary N) is 1. The van der Waals surface area contributed by atoms with Crippen LogP contribution >= 0.6 is 0 Å². The van der Waals surface area contributed by atoms with Crippen molar-refractivity contribution in [3.05, 3.63) is 82.3 Å². The second-order valence-corrected chi connectivity index (χ2v) is 7.77. The smallest absolute Gasteiger partial charge is 0.259 e. The average Bonchev–Trinajstić information content (AvgIpc) is 2.81. The molecular formula is C25H24F2N4O2. The fraction of sp³-hybridized carbons (Fsp3) is 0.200. The van der Waals surface area contributed by atoms with Crippen molar-refractivity contribution in [2.75, 3.05) is 24.8 Å². The highest BCUT2D eigenvalue weighted by Crippen LogP contribution is 2.28. The van der Waals surface area contributed by atoms with Crippen molar-refractivity contribution in [2.45, 2.75) is 20.0 Å². The molecule has 0 spiro atoms. The van der Waals surface area contributed by atoms with Gasteiger partial charge in [-0.3, -0.25) is 4.79 Å². The Hall–Kier alpha value is -3.94. The predicted octanol–water partition coefficient (Wildman–Crippen LogP) is 4.59. The molecule has 33 heavy (non-hydrogen) atoms. The minimum atomic E-state index is -0.862.